The van der Waals surface area contributed by atoms with Crippen molar-refractivity contribution < 1.29 is 13.9 Å². The molecule has 2 fully saturated rings. The molecule has 2 aliphatic heterocycles. The lowest BCUT2D eigenvalue weighted by Gasteiger charge is -2.40. The maximum atomic E-state index is 12.8. The van der Waals surface area contributed by atoms with Crippen molar-refractivity contribution in [3.8, 4) is 0 Å². The van der Waals surface area contributed by atoms with E-state index < -0.39 is 0 Å². The second-order valence-corrected chi connectivity index (χ2v) is 6.83. The number of furan rings is 1. The predicted octanol–water partition coefficient (Wildman–Crippen LogP) is 2.04. The van der Waals surface area contributed by atoms with Gasteiger partial charge in [0.05, 0.1) is 18.4 Å². The van der Waals surface area contributed by atoms with Gasteiger partial charge in [-0.05, 0) is 30.2 Å². The molecule has 0 unspecified atom stereocenters. The van der Waals surface area contributed by atoms with Gasteiger partial charge >= 0.3 is 0 Å². The van der Waals surface area contributed by atoms with Gasteiger partial charge < -0.3 is 14.1 Å². The van der Waals surface area contributed by atoms with E-state index in [0.29, 0.717) is 18.2 Å². The molecule has 4 heterocycles. The maximum absolute atomic E-state index is 12.8. The van der Waals surface area contributed by atoms with Crippen molar-refractivity contribution >= 4 is 5.91 Å². The van der Waals surface area contributed by atoms with E-state index in [1.807, 2.05) is 17.2 Å². The number of likely N-dealkylation sites (tertiary alicyclic amines) is 2. The molecule has 132 valence electrons. The van der Waals surface area contributed by atoms with Crippen LogP contribution < -0.4 is 0 Å². The number of fused-ring (bicyclic) bond motifs is 1. The number of carbonyl (C=O) groups excluding carboxylic acids is 1. The lowest BCUT2D eigenvalue weighted by Crippen LogP contribution is -2.53. The molecule has 6 heteroatoms. The molecule has 25 heavy (non-hydrogen) atoms. The highest BCUT2D eigenvalue weighted by Crippen LogP contribution is 2.34. The quantitative estimate of drug-likeness (QED) is 0.852. The van der Waals surface area contributed by atoms with Gasteiger partial charge in [-0.3, -0.25) is 14.7 Å². The monoisotopic (exact) mass is 341 g/mol. The van der Waals surface area contributed by atoms with Gasteiger partial charge in [-0.25, -0.2) is 0 Å². The van der Waals surface area contributed by atoms with E-state index in [2.05, 4.69) is 16.0 Å². The van der Waals surface area contributed by atoms with Crippen LogP contribution in [0, 0.1) is 5.92 Å². The molecule has 3 atom stereocenters. The Morgan fingerprint density at radius 2 is 2.28 bits per heavy atom. The molecule has 1 amide bonds. The molecular weight excluding hydrogens is 318 g/mol. The molecule has 0 spiro atoms. The van der Waals surface area contributed by atoms with E-state index in [4.69, 9.17) is 9.15 Å². The molecule has 0 saturated carbocycles. The summed E-state index contributed by atoms with van der Waals surface area (Å²) in [6.07, 6.45) is 6.31. The Bertz CT molecular complexity index is 704. The van der Waals surface area contributed by atoms with E-state index in [1.165, 1.54) is 5.56 Å². The number of aromatic nitrogens is 1. The minimum atomic E-state index is -0.0159. The number of piperidine rings is 1. The number of carbonyl (C=O) groups is 1. The van der Waals surface area contributed by atoms with Crippen molar-refractivity contribution in [3.63, 3.8) is 0 Å². The highest BCUT2D eigenvalue weighted by atomic mass is 16.5. The fraction of sp³-hybridized carbons (Fsp3) is 0.474. The summed E-state index contributed by atoms with van der Waals surface area (Å²) in [5, 5.41) is 0. The first-order valence-electron chi connectivity index (χ1n) is 8.75. The smallest absolute Gasteiger partial charge is 0.289 e. The van der Waals surface area contributed by atoms with Crippen LogP contribution in [0.1, 0.15) is 22.5 Å². The zero-order valence-corrected chi connectivity index (χ0v) is 14.4. The Kier molecular flexibility index (Phi) is 4.55. The minimum absolute atomic E-state index is 0.0159. The summed E-state index contributed by atoms with van der Waals surface area (Å²) >= 11 is 0. The number of hydrogen-bond donors (Lipinski definition) is 0. The number of methoxy groups -OCH3 is 1. The molecule has 2 aromatic rings. The van der Waals surface area contributed by atoms with Gasteiger partial charge in [0.1, 0.15) is 0 Å². The van der Waals surface area contributed by atoms with E-state index >= 15 is 0 Å². The average Bonchev–Trinajstić information content (AvgIpc) is 3.31. The van der Waals surface area contributed by atoms with Gasteiger partial charge in [0, 0.05) is 51.6 Å². The zero-order chi connectivity index (χ0) is 17.2. The molecule has 0 N–H and O–H groups in total. The van der Waals surface area contributed by atoms with Crippen LogP contribution >= 0.6 is 0 Å². The standard InChI is InChI=1S/C19H23N3O3/c1-24-17-6-8-22(19(23)18-5-3-9-25-18)16-13-21(12-15(16)17)11-14-4-2-7-20-10-14/h2-5,7,9-10,15-17H,6,8,11-13H2,1H3/t15-,16+,17-/m1/s1. The Morgan fingerprint density at radius 3 is 3.00 bits per heavy atom. The lowest BCUT2D eigenvalue weighted by molar-refractivity contribution is -0.0166. The van der Waals surface area contributed by atoms with E-state index in [1.54, 1.807) is 31.7 Å². The molecule has 2 aliphatic rings. The molecule has 4 rings (SSSR count). The maximum Gasteiger partial charge on any atom is 0.289 e. The Labute approximate surface area is 147 Å². The molecule has 0 bridgehead atoms. The normalized spacial score (nSPS) is 26.6. The minimum Gasteiger partial charge on any atom is -0.459 e. The van der Waals surface area contributed by atoms with Gasteiger partial charge in [0.2, 0.25) is 0 Å². The third kappa shape index (κ3) is 3.19. The van der Waals surface area contributed by atoms with Gasteiger partial charge in [-0.2, -0.15) is 0 Å². The van der Waals surface area contributed by atoms with Crippen LogP contribution in [0.2, 0.25) is 0 Å². The third-order valence-corrected chi connectivity index (χ3v) is 5.37. The topological polar surface area (TPSA) is 58.8 Å². The van der Waals surface area contributed by atoms with Crippen molar-refractivity contribution in [2.45, 2.75) is 25.1 Å². The first kappa shape index (κ1) is 16.3. The van der Waals surface area contributed by atoms with E-state index in [9.17, 15) is 4.79 Å². The number of amides is 1. The summed E-state index contributed by atoms with van der Waals surface area (Å²) in [4.78, 5) is 21.4. The number of ether oxygens (including phenoxy) is 1. The number of rotatable bonds is 4. The van der Waals surface area contributed by atoms with Gasteiger partial charge in [0.15, 0.2) is 5.76 Å². The fourth-order valence-corrected chi connectivity index (χ4v) is 4.20. The fourth-order valence-electron chi connectivity index (χ4n) is 4.20. The molecule has 2 saturated heterocycles. The van der Waals surface area contributed by atoms with Crippen molar-refractivity contribution in [3.05, 3.63) is 54.2 Å². The van der Waals surface area contributed by atoms with Gasteiger partial charge in [-0.1, -0.05) is 6.07 Å². The first-order valence-corrected chi connectivity index (χ1v) is 8.75. The Balaban J connectivity index is 1.52. The van der Waals surface area contributed by atoms with Crippen molar-refractivity contribution in [1.82, 2.24) is 14.8 Å². The SMILES string of the molecule is CO[C@@H]1CCN(C(=O)c2ccco2)[C@H]2CN(Cc3cccnc3)C[C@@H]12. The number of pyridine rings is 1. The molecule has 6 nitrogen and oxygen atoms in total. The molecule has 0 aromatic carbocycles. The Morgan fingerprint density at radius 1 is 1.36 bits per heavy atom. The van der Waals surface area contributed by atoms with Crippen molar-refractivity contribution in [2.75, 3.05) is 26.7 Å². The summed E-state index contributed by atoms with van der Waals surface area (Å²) in [7, 11) is 1.77. The van der Waals surface area contributed by atoms with Crippen LogP contribution in [0.5, 0.6) is 0 Å². The van der Waals surface area contributed by atoms with Crippen LogP contribution in [0.15, 0.2) is 47.3 Å². The first-order chi connectivity index (χ1) is 12.3. The average molecular weight is 341 g/mol. The Hall–Kier alpha value is -2.18. The third-order valence-electron chi connectivity index (χ3n) is 5.37. The second-order valence-electron chi connectivity index (χ2n) is 6.83. The van der Waals surface area contributed by atoms with Crippen LogP contribution in [0.3, 0.4) is 0 Å². The summed E-state index contributed by atoms with van der Waals surface area (Å²) < 4.78 is 11.1. The number of nitrogens with zero attached hydrogens (tertiary/aromatic N) is 3. The molecule has 0 radical (unpaired) electrons. The van der Waals surface area contributed by atoms with Crippen LogP contribution in [0.25, 0.3) is 0 Å². The van der Waals surface area contributed by atoms with E-state index in [0.717, 1.165) is 26.1 Å². The van der Waals surface area contributed by atoms with Crippen LogP contribution in [-0.4, -0.2) is 59.6 Å². The molecular formula is C19H23N3O3. The van der Waals surface area contributed by atoms with Crippen molar-refractivity contribution in [2.24, 2.45) is 5.92 Å². The summed E-state index contributed by atoms with van der Waals surface area (Å²) in [5.74, 6) is 0.729. The van der Waals surface area contributed by atoms with Gasteiger partial charge in [-0.15, -0.1) is 0 Å². The van der Waals surface area contributed by atoms with Crippen LogP contribution in [0.4, 0.5) is 0 Å². The van der Waals surface area contributed by atoms with Gasteiger partial charge in [0.25, 0.3) is 5.91 Å². The number of hydrogen-bond acceptors (Lipinski definition) is 5. The summed E-state index contributed by atoms with van der Waals surface area (Å²) in [6.45, 7) is 3.34. The largest absolute Gasteiger partial charge is 0.459 e. The van der Waals surface area contributed by atoms with Crippen LogP contribution in [-0.2, 0) is 11.3 Å². The molecule has 2 aromatic heterocycles. The summed E-state index contributed by atoms with van der Waals surface area (Å²) in [6, 6.07) is 7.71. The second kappa shape index (κ2) is 6.98. The molecule has 0 aliphatic carbocycles. The highest BCUT2D eigenvalue weighted by Gasteiger charge is 2.46. The predicted molar refractivity (Wildman–Crippen MR) is 92.0 cm³/mol. The van der Waals surface area contributed by atoms with E-state index in [-0.39, 0.29) is 18.1 Å². The zero-order valence-electron chi connectivity index (χ0n) is 14.4. The lowest BCUT2D eigenvalue weighted by atomic mass is 9.89. The van der Waals surface area contributed by atoms with Crippen molar-refractivity contribution in [1.29, 1.82) is 0 Å². The highest BCUT2D eigenvalue weighted by molar-refractivity contribution is 5.91. The summed E-state index contributed by atoms with van der Waals surface area (Å²) in [5.41, 5.74) is 1.19.